The van der Waals surface area contributed by atoms with E-state index >= 15 is 0 Å². The summed E-state index contributed by atoms with van der Waals surface area (Å²) < 4.78 is 42.5. The SMILES string of the molecule is CC(C)Cn1cc(C(=O)NC2CCCC2)c(=O)c(C(=O)N[C@@H](c2cccnc2)C(F)(F)F)c1. The Morgan fingerprint density at radius 2 is 1.79 bits per heavy atom. The summed E-state index contributed by atoms with van der Waals surface area (Å²) in [7, 11) is 0. The van der Waals surface area contributed by atoms with Crippen molar-refractivity contribution >= 4 is 11.8 Å². The van der Waals surface area contributed by atoms with Gasteiger partial charge in [-0.15, -0.1) is 0 Å². The predicted molar refractivity (Wildman–Crippen MR) is 116 cm³/mol. The molecule has 2 amide bonds. The maximum Gasteiger partial charge on any atom is 0.412 e. The summed E-state index contributed by atoms with van der Waals surface area (Å²) in [4.78, 5) is 42.4. The summed E-state index contributed by atoms with van der Waals surface area (Å²) >= 11 is 0. The molecule has 0 bridgehead atoms. The molecule has 2 aromatic heterocycles. The topological polar surface area (TPSA) is 93.1 Å². The van der Waals surface area contributed by atoms with E-state index < -0.39 is 35.0 Å². The number of hydrogen-bond acceptors (Lipinski definition) is 4. The van der Waals surface area contributed by atoms with Crippen LogP contribution in [0, 0.1) is 5.92 Å². The number of nitrogens with one attached hydrogen (secondary N) is 2. The van der Waals surface area contributed by atoms with Gasteiger partial charge in [-0.25, -0.2) is 0 Å². The normalized spacial score (nSPS) is 15.5. The molecule has 0 aliphatic heterocycles. The van der Waals surface area contributed by atoms with E-state index in [1.165, 1.54) is 35.3 Å². The van der Waals surface area contributed by atoms with Crippen molar-refractivity contribution in [1.29, 1.82) is 0 Å². The van der Waals surface area contributed by atoms with Crippen LogP contribution in [0.25, 0.3) is 0 Å². The van der Waals surface area contributed by atoms with Crippen molar-refractivity contribution in [3.8, 4) is 0 Å². The zero-order valence-corrected chi connectivity index (χ0v) is 18.5. The summed E-state index contributed by atoms with van der Waals surface area (Å²) in [5.41, 5.74) is -1.96. The minimum atomic E-state index is -4.81. The molecule has 0 saturated heterocycles. The number of carbonyl (C=O) groups excluding carboxylic acids is 2. The van der Waals surface area contributed by atoms with Gasteiger partial charge in [0.1, 0.15) is 11.1 Å². The second-order valence-electron chi connectivity index (χ2n) is 8.69. The van der Waals surface area contributed by atoms with Crippen molar-refractivity contribution in [1.82, 2.24) is 20.2 Å². The van der Waals surface area contributed by atoms with E-state index in [-0.39, 0.29) is 23.1 Å². The molecule has 2 N–H and O–H groups in total. The second-order valence-corrected chi connectivity index (χ2v) is 8.69. The highest BCUT2D eigenvalue weighted by Crippen LogP contribution is 2.32. The predicted octanol–water partition coefficient (Wildman–Crippen LogP) is 3.61. The van der Waals surface area contributed by atoms with Crippen molar-refractivity contribution in [3.63, 3.8) is 0 Å². The lowest BCUT2D eigenvalue weighted by Gasteiger charge is -2.22. The van der Waals surface area contributed by atoms with Crippen LogP contribution in [0.1, 0.15) is 71.9 Å². The second kappa shape index (κ2) is 10.2. The van der Waals surface area contributed by atoms with Gasteiger partial charge in [-0.05, 0) is 24.8 Å². The molecule has 1 aliphatic rings. The highest BCUT2D eigenvalue weighted by Gasteiger charge is 2.42. The highest BCUT2D eigenvalue weighted by atomic mass is 19.4. The first-order valence-electron chi connectivity index (χ1n) is 10.9. The van der Waals surface area contributed by atoms with Gasteiger partial charge in [-0.3, -0.25) is 19.4 Å². The maximum atomic E-state index is 13.7. The number of carbonyl (C=O) groups is 2. The number of halogens is 3. The summed E-state index contributed by atoms with van der Waals surface area (Å²) in [5, 5.41) is 4.70. The molecule has 2 heterocycles. The monoisotopic (exact) mass is 464 g/mol. The van der Waals surface area contributed by atoms with Crippen molar-refractivity contribution in [2.75, 3.05) is 0 Å². The van der Waals surface area contributed by atoms with E-state index in [0.29, 0.717) is 6.54 Å². The quantitative estimate of drug-likeness (QED) is 0.655. The van der Waals surface area contributed by atoms with E-state index in [2.05, 4.69) is 10.3 Å². The van der Waals surface area contributed by atoms with E-state index in [1.54, 1.807) is 0 Å². The molecule has 2 aromatic rings. The molecule has 0 radical (unpaired) electrons. The summed E-state index contributed by atoms with van der Waals surface area (Å²) in [6.07, 6.45) is 3.58. The van der Waals surface area contributed by atoms with Gasteiger partial charge in [-0.1, -0.05) is 32.8 Å². The van der Waals surface area contributed by atoms with Gasteiger partial charge in [0.25, 0.3) is 11.8 Å². The van der Waals surface area contributed by atoms with Crippen LogP contribution in [0.4, 0.5) is 13.2 Å². The van der Waals surface area contributed by atoms with Crippen LogP contribution in [-0.4, -0.2) is 33.6 Å². The molecule has 3 rings (SSSR count). The van der Waals surface area contributed by atoms with Crippen molar-refractivity contribution in [2.24, 2.45) is 5.92 Å². The van der Waals surface area contributed by atoms with Crippen molar-refractivity contribution in [2.45, 2.75) is 64.3 Å². The van der Waals surface area contributed by atoms with Crippen LogP contribution in [-0.2, 0) is 6.54 Å². The fraction of sp³-hybridized carbons (Fsp3) is 0.478. The van der Waals surface area contributed by atoms with Gasteiger partial charge >= 0.3 is 6.18 Å². The molecular weight excluding hydrogens is 437 g/mol. The molecule has 1 fully saturated rings. The van der Waals surface area contributed by atoms with E-state index in [9.17, 15) is 27.6 Å². The van der Waals surface area contributed by atoms with Crippen molar-refractivity contribution in [3.05, 3.63) is 63.8 Å². The van der Waals surface area contributed by atoms with E-state index in [4.69, 9.17) is 0 Å². The van der Waals surface area contributed by atoms with Crippen LogP contribution >= 0.6 is 0 Å². The molecule has 33 heavy (non-hydrogen) atoms. The van der Waals surface area contributed by atoms with E-state index in [1.807, 2.05) is 19.2 Å². The lowest BCUT2D eigenvalue weighted by atomic mass is 10.1. The first kappa shape index (κ1) is 24.5. The minimum absolute atomic E-state index is 0.0619. The van der Waals surface area contributed by atoms with Gasteiger partial charge in [-0.2, -0.15) is 13.2 Å². The Hall–Kier alpha value is -3.17. The molecule has 10 heteroatoms. The fourth-order valence-electron chi connectivity index (χ4n) is 3.92. The third kappa shape index (κ3) is 6.21. The molecule has 1 atom stereocenters. The molecule has 0 spiro atoms. The van der Waals surface area contributed by atoms with Gasteiger partial charge in [0.05, 0.1) is 0 Å². The van der Waals surface area contributed by atoms with Gasteiger partial charge in [0, 0.05) is 42.9 Å². The zero-order valence-electron chi connectivity index (χ0n) is 18.5. The Labute approximate surface area is 189 Å². The lowest BCUT2D eigenvalue weighted by Crippen LogP contribution is -2.42. The Morgan fingerprint density at radius 3 is 2.33 bits per heavy atom. The van der Waals surface area contributed by atoms with Crippen LogP contribution in [0.15, 0.2) is 41.7 Å². The highest BCUT2D eigenvalue weighted by molar-refractivity contribution is 5.99. The van der Waals surface area contributed by atoms with Gasteiger partial charge < -0.3 is 15.2 Å². The van der Waals surface area contributed by atoms with Crippen LogP contribution in [0.5, 0.6) is 0 Å². The first-order valence-corrected chi connectivity index (χ1v) is 10.9. The molecule has 0 aromatic carbocycles. The molecule has 178 valence electrons. The minimum Gasteiger partial charge on any atom is -0.352 e. The average Bonchev–Trinajstić information content (AvgIpc) is 3.25. The Kier molecular flexibility index (Phi) is 7.55. The molecule has 1 aliphatic carbocycles. The number of hydrogen-bond donors (Lipinski definition) is 2. The first-order chi connectivity index (χ1) is 15.6. The third-order valence-electron chi connectivity index (χ3n) is 5.46. The number of alkyl halides is 3. The van der Waals surface area contributed by atoms with Crippen molar-refractivity contribution < 1.29 is 22.8 Å². The van der Waals surface area contributed by atoms with Crippen LogP contribution < -0.4 is 16.1 Å². The summed E-state index contributed by atoms with van der Waals surface area (Å²) in [6.45, 7) is 4.17. The molecule has 7 nitrogen and oxygen atoms in total. The maximum absolute atomic E-state index is 13.7. The smallest absolute Gasteiger partial charge is 0.352 e. The van der Waals surface area contributed by atoms with Gasteiger partial charge in [0.2, 0.25) is 5.43 Å². The number of aromatic nitrogens is 2. The summed E-state index contributed by atoms with van der Waals surface area (Å²) in [6, 6.07) is 0.0957. The third-order valence-corrected chi connectivity index (χ3v) is 5.46. The lowest BCUT2D eigenvalue weighted by molar-refractivity contribution is -0.155. The van der Waals surface area contributed by atoms with Crippen LogP contribution in [0.2, 0.25) is 0 Å². The number of amides is 2. The molecular formula is C23H27F3N4O3. The molecule has 1 saturated carbocycles. The largest absolute Gasteiger partial charge is 0.412 e. The number of pyridine rings is 2. The van der Waals surface area contributed by atoms with Gasteiger partial charge in [0.15, 0.2) is 6.04 Å². The standard InChI is InChI=1S/C23H27F3N4O3/c1-14(2)11-30-12-17(21(32)28-16-7-3-4-8-16)19(31)18(13-30)22(33)29-20(23(24,25)26)15-6-5-9-27-10-15/h5-6,9-10,12-14,16,20H,3-4,7-8,11H2,1-2H3,(H,28,32)(H,29,33)/t20-/m0/s1. The Morgan fingerprint density at radius 1 is 1.15 bits per heavy atom. The Bertz CT molecular complexity index is 1050. The number of rotatable bonds is 7. The molecule has 0 unspecified atom stereocenters. The zero-order chi connectivity index (χ0) is 24.2. The Balaban J connectivity index is 1.96. The van der Waals surface area contributed by atoms with E-state index in [0.717, 1.165) is 31.9 Å². The van der Waals surface area contributed by atoms with Crippen LogP contribution in [0.3, 0.4) is 0 Å². The summed E-state index contributed by atoms with van der Waals surface area (Å²) in [5.74, 6) is -1.73. The fourth-order valence-corrected chi connectivity index (χ4v) is 3.92. The number of nitrogens with zero attached hydrogens (tertiary/aromatic N) is 2. The average molecular weight is 464 g/mol.